The molecule has 1 heterocycles. The molecule has 0 aliphatic carbocycles. The number of aryl methyl sites for hydroxylation is 1. The molecule has 0 aromatic carbocycles. The second-order valence-electron chi connectivity index (χ2n) is 4.29. The number of carbonyl (C=O) groups is 1. The molecule has 0 bridgehead atoms. The molecule has 1 atom stereocenters. The summed E-state index contributed by atoms with van der Waals surface area (Å²) in [4.78, 5) is 14.9. The molecule has 1 aromatic heterocycles. The van der Waals surface area contributed by atoms with E-state index in [4.69, 9.17) is 5.11 Å². The number of hydrogen-bond donors (Lipinski definition) is 2. The molecular weight excluding hydrogens is 268 g/mol. The molecular formula is C12H18N2O4S. The lowest BCUT2D eigenvalue weighted by Gasteiger charge is -2.14. The summed E-state index contributed by atoms with van der Waals surface area (Å²) in [7, 11) is -3.85. The van der Waals surface area contributed by atoms with Gasteiger partial charge in [0.2, 0.25) is 10.0 Å². The second-order valence-corrected chi connectivity index (χ2v) is 6.00. The third kappa shape index (κ3) is 4.60. The number of aliphatic carboxylic acids is 1. The summed E-state index contributed by atoms with van der Waals surface area (Å²) < 4.78 is 26.2. The zero-order valence-corrected chi connectivity index (χ0v) is 11.8. The summed E-state index contributed by atoms with van der Waals surface area (Å²) in [6, 6.07) is 1.87. The van der Waals surface area contributed by atoms with Gasteiger partial charge in [-0.3, -0.25) is 9.78 Å². The van der Waals surface area contributed by atoms with Crippen molar-refractivity contribution in [2.45, 2.75) is 44.0 Å². The number of unbranched alkanes of at least 4 members (excludes halogenated alkanes) is 1. The van der Waals surface area contributed by atoms with Crippen LogP contribution in [0, 0.1) is 6.92 Å². The van der Waals surface area contributed by atoms with Crippen LogP contribution in [-0.2, 0) is 14.8 Å². The summed E-state index contributed by atoms with van der Waals surface area (Å²) in [6.45, 7) is 3.66. The average Bonchev–Trinajstić information content (AvgIpc) is 2.34. The minimum absolute atomic E-state index is 0.0270. The van der Waals surface area contributed by atoms with E-state index in [9.17, 15) is 13.2 Å². The van der Waals surface area contributed by atoms with Crippen molar-refractivity contribution in [3.8, 4) is 0 Å². The van der Waals surface area contributed by atoms with Crippen LogP contribution >= 0.6 is 0 Å². The molecule has 0 aliphatic rings. The lowest BCUT2D eigenvalue weighted by atomic mass is 10.1. The van der Waals surface area contributed by atoms with E-state index in [-0.39, 0.29) is 11.3 Å². The van der Waals surface area contributed by atoms with Crippen molar-refractivity contribution in [3.63, 3.8) is 0 Å². The Labute approximate surface area is 112 Å². The van der Waals surface area contributed by atoms with Gasteiger partial charge in [-0.25, -0.2) is 8.42 Å². The van der Waals surface area contributed by atoms with Crippen molar-refractivity contribution in [2.24, 2.45) is 0 Å². The molecule has 1 rings (SSSR count). The minimum atomic E-state index is -3.85. The third-order valence-electron chi connectivity index (χ3n) is 2.64. The van der Waals surface area contributed by atoms with Crippen LogP contribution < -0.4 is 4.72 Å². The van der Waals surface area contributed by atoms with Crippen molar-refractivity contribution in [1.29, 1.82) is 0 Å². The fraction of sp³-hybridized carbons (Fsp3) is 0.500. The molecule has 106 valence electrons. The highest BCUT2D eigenvalue weighted by Crippen LogP contribution is 2.10. The highest BCUT2D eigenvalue weighted by atomic mass is 32.2. The summed E-state index contributed by atoms with van der Waals surface area (Å²) in [5.41, 5.74) is 0.694. The molecule has 0 amide bonds. The molecule has 0 radical (unpaired) electrons. The molecule has 6 nitrogen and oxygen atoms in total. The van der Waals surface area contributed by atoms with Crippen LogP contribution in [0.15, 0.2) is 23.2 Å². The number of carboxylic acids is 1. The minimum Gasteiger partial charge on any atom is -0.480 e. The van der Waals surface area contributed by atoms with Crippen LogP contribution in [0.5, 0.6) is 0 Å². The van der Waals surface area contributed by atoms with E-state index in [0.29, 0.717) is 12.1 Å². The Hall–Kier alpha value is -1.47. The van der Waals surface area contributed by atoms with Gasteiger partial charge >= 0.3 is 5.97 Å². The van der Waals surface area contributed by atoms with Crippen LogP contribution in [0.2, 0.25) is 0 Å². The van der Waals surface area contributed by atoms with Crippen molar-refractivity contribution >= 4 is 16.0 Å². The van der Waals surface area contributed by atoms with Gasteiger partial charge < -0.3 is 5.11 Å². The number of pyridine rings is 1. The predicted octanol–water partition coefficient (Wildman–Crippen LogP) is 1.31. The van der Waals surface area contributed by atoms with Gasteiger partial charge in [0, 0.05) is 11.9 Å². The van der Waals surface area contributed by atoms with Gasteiger partial charge in [-0.2, -0.15) is 4.72 Å². The van der Waals surface area contributed by atoms with Crippen LogP contribution in [0.3, 0.4) is 0 Å². The van der Waals surface area contributed by atoms with Crippen molar-refractivity contribution in [2.75, 3.05) is 0 Å². The van der Waals surface area contributed by atoms with Gasteiger partial charge in [0.15, 0.2) is 0 Å². The zero-order valence-electron chi connectivity index (χ0n) is 11.0. The highest BCUT2D eigenvalue weighted by Gasteiger charge is 2.24. The number of carboxylic acid groups (broad SMARTS) is 1. The van der Waals surface area contributed by atoms with Gasteiger partial charge in [-0.15, -0.1) is 0 Å². The zero-order chi connectivity index (χ0) is 14.5. The van der Waals surface area contributed by atoms with E-state index in [1.807, 2.05) is 6.92 Å². The number of hydrogen-bond acceptors (Lipinski definition) is 4. The van der Waals surface area contributed by atoms with Crippen molar-refractivity contribution in [1.82, 2.24) is 9.71 Å². The first-order valence-corrected chi connectivity index (χ1v) is 7.53. The maximum absolute atomic E-state index is 12.0. The Morgan fingerprint density at radius 2 is 2.16 bits per heavy atom. The van der Waals surface area contributed by atoms with Gasteiger partial charge in [-0.1, -0.05) is 19.8 Å². The first kappa shape index (κ1) is 15.6. The van der Waals surface area contributed by atoms with Crippen LogP contribution in [0.4, 0.5) is 0 Å². The number of nitrogens with zero attached hydrogens (tertiary/aromatic N) is 1. The Kier molecular flexibility index (Phi) is 5.44. The summed E-state index contributed by atoms with van der Waals surface area (Å²) in [6.07, 6.45) is 2.93. The molecule has 0 saturated carbocycles. The molecule has 0 saturated heterocycles. The summed E-state index contributed by atoms with van der Waals surface area (Å²) in [5.74, 6) is -1.17. The van der Waals surface area contributed by atoms with Gasteiger partial charge in [0.25, 0.3) is 0 Å². The largest absolute Gasteiger partial charge is 0.480 e. The Morgan fingerprint density at radius 3 is 2.63 bits per heavy atom. The van der Waals surface area contributed by atoms with Gasteiger partial charge in [0.1, 0.15) is 10.9 Å². The van der Waals surface area contributed by atoms with Crippen molar-refractivity contribution in [3.05, 3.63) is 24.0 Å². The van der Waals surface area contributed by atoms with E-state index in [0.717, 1.165) is 6.42 Å². The van der Waals surface area contributed by atoms with Gasteiger partial charge in [0.05, 0.1) is 0 Å². The molecule has 0 spiro atoms. The first-order chi connectivity index (χ1) is 8.86. The first-order valence-electron chi connectivity index (χ1n) is 6.04. The molecule has 2 N–H and O–H groups in total. The Balaban J connectivity index is 2.87. The SMILES string of the molecule is CCCC[C@H](NS(=O)(=O)c1ccc(C)nc1)C(=O)O. The monoisotopic (exact) mass is 286 g/mol. The number of nitrogens with one attached hydrogen (secondary N) is 1. The molecule has 0 aliphatic heterocycles. The van der Waals surface area contributed by atoms with Gasteiger partial charge in [-0.05, 0) is 25.5 Å². The van der Waals surface area contributed by atoms with Crippen LogP contribution in [0.25, 0.3) is 0 Å². The molecule has 7 heteroatoms. The highest BCUT2D eigenvalue weighted by molar-refractivity contribution is 7.89. The maximum Gasteiger partial charge on any atom is 0.321 e. The predicted molar refractivity (Wildman–Crippen MR) is 70.2 cm³/mol. The van der Waals surface area contributed by atoms with E-state index in [1.54, 1.807) is 13.0 Å². The van der Waals surface area contributed by atoms with Crippen LogP contribution in [0.1, 0.15) is 31.9 Å². The quantitative estimate of drug-likeness (QED) is 0.787. The summed E-state index contributed by atoms with van der Waals surface area (Å²) in [5, 5.41) is 9.01. The average molecular weight is 286 g/mol. The summed E-state index contributed by atoms with van der Waals surface area (Å²) >= 11 is 0. The molecule has 1 aromatic rings. The fourth-order valence-corrected chi connectivity index (χ4v) is 2.68. The molecule has 0 unspecified atom stereocenters. The van der Waals surface area contributed by atoms with E-state index in [2.05, 4.69) is 9.71 Å². The third-order valence-corrected chi connectivity index (χ3v) is 4.09. The Bertz CT molecular complexity index is 525. The lowest BCUT2D eigenvalue weighted by Crippen LogP contribution is -2.40. The maximum atomic E-state index is 12.0. The smallest absolute Gasteiger partial charge is 0.321 e. The number of sulfonamides is 1. The standard InChI is InChI=1S/C12H18N2O4S/c1-3-4-5-11(12(15)16)14-19(17,18)10-7-6-9(2)13-8-10/h6-8,11,14H,3-5H2,1-2H3,(H,15,16)/t11-/m0/s1. The topological polar surface area (TPSA) is 96.4 Å². The van der Waals surface area contributed by atoms with Crippen molar-refractivity contribution < 1.29 is 18.3 Å². The molecule has 19 heavy (non-hydrogen) atoms. The number of rotatable bonds is 7. The van der Waals surface area contributed by atoms with E-state index >= 15 is 0 Å². The van der Waals surface area contributed by atoms with E-state index < -0.39 is 22.0 Å². The van der Waals surface area contributed by atoms with Crippen LogP contribution in [-0.4, -0.2) is 30.5 Å². The fourth-order valence-electron chi connectivity index (χ4n) is 1.51. The van der Waals surface area contributed by atoms with E-state index in [1.165, 1.54) is 12.3 Å². The second kappa shape index (κ2) is 6.63. The normalized spacial score (nSPS) is 13.2. The molecule has 0 fully saturated rings. The Morgan fingerprint density at radius 1 is 1.47 bits per heavy atom. The lowest BCUT2D eigenvalue weighted by molar-refractivity contribution is -0.139. The number of aromatic nitrogens is 1.